The first-order chi connectivity index (χ1) is 5.72. The highest BCUT2D eigenvalue weighted by Gasteiger charge is 2.21. The molecule has 1 aliphatic rings. The van der Waals surface area contributed by atoms with Crippen LogP contribution >= 0.6 is 0 Å². The maximum absolute atomic E-state index is 5.90. The smallest absolute Gasteiger partial charge is 0.0589 e. The lowest BCUT2D eigenvalue weighted by Crippen LogP contribution is -2.47. The van der Waals surface area contributed by atoms with Crippen LogP contribution in [0.2, 0.25) is 0 Å². The Morgan fingerprint density at radius 2 is 2.25 bits per heavy atom. The second kappa shape index (κ2) is 4.80. The van der Waals surface area contributed by atoms with Gasteiger partial charge < -0.3 is 10.5 Å². The summed E-state index contributed by atoms with van der Waals surface area (Å²) >= 11 is 0. The number of hydrogen-bond acceptors (Lipinski definition) is 3. The van der Waals surface area contributed by atoms with E-state index in [1.165, 1.54) is 13.0 Å². The molecular weight excluding hydrogens is 152 g/mol. The molecule has 1 saturated heterocycles. The van der Waals surface area contributed by atoms with Gasteiger partial charge in [-0.2, -0.15) is 0 Å². The molecule has 0 bridgehead atoms. The van der Waals surface area contributed by atoms with Crippen molar-refractivity contribution >= 4 is 0 Å². The number of likely N-dealkylation sites (tertiary alicyclic amines) is 1. The Bertz CT molecular complexity index is 120. The summed E-state index contributed by atoms with van der Waals surface area (Å²) in [5, 5.41) is 0. The van der Waals surface area contributed by atoms with Crippen molar-refractivity contribution in [3.05, 3.63) is 0 Å². The Labute approximate surface area is 74.9 Å². The van der Waals surface area contributed by atoms with Gasteiger partial charge in [-0.05, 0) is 12.3 Å². The molecule has 0 aromatic rings. The van der Waals surface area contributed by atoms with Crippen LogP contribution in [0, 0.1) is 5.92 Å². The van der Waals surface area contributed by atoms with Gasteiger partial charge in [0.2, 0.25) is 0 Å². The fraction of sp³-hybridized carbons (Fsp3) is 1.00. The van der Waals surface area contributed by atoms with Crippen LogP contribution < -0.4 is 5.73 Å². The maximum atomic E-state index is 5.90. The molecule has 0 saturated carbocycles. The van der Waals surface area contributed by atoms with Crippen LogP contribution in [0.3, 0.4) is 0 Å². The molecule has 72 valence electrons. The fourth-order valence-corrected chi connectivity index (χ4v) is 1.92. The van der Waals surface area contributed by atoms with E-state index in [1.807, 2.05) is 0 Å². The Morgan fingerprint density at radius 3 is 2.83 bits per heavy atom. The van der Waals surface area contributed by atoms with Gasteiger partial charge in [0, 0.05) is 32.8 Å². The molecule has 0 aliphatic carbocycles. The minimum absolute atomic E-state index is 0.366. The third-order valence-corrected chi connectivity index (χ3v) is 2.38. The highest BCUT2D eigenvalue weighted by atomic mass is 16.5. The number of methoxy groups -OCH3 is 1. The largest absolute Gasteiger partial charge is 0.383 e. The van der Waals surface area contributed by atoms with Gasteiger partial charge in [-0.3, -0.25) is 4.90 Å². The molecule has 1 aliphatic heterocycles. The molecule has 0 spiro atoms. The number of nitrogens with zero attached hydrogens (tertiary/aromatic N) is 1. The summed E-state index contributed by atoms with van der Waals surface area (Å²) in [4.78, 5) is 2.39. The van der Waals surface area contributed by atoms with Crippen molar-refractivity contribution < 1.29 is 4.74 Å². The lowest BCUT2D eigenvalue weighted by Gasteiger charge is -2.34. The molecule has 1 heterocycles. The lowest BCUT2D eigenvalue weighted by atomic mass is 9.97. The Hall–Kier alpha value is -0.120. The summed E-state index contributed by atoms with van der Waals surface area (Å²) in [5.41, 5.74) is 5.90. The van der Waals surface area contributed by atoms with E-state index in [0.717, 1.165) is 25.6 Å². The Balaban J connectivity index is 2.24. The van der Waals surface area contributed by atoms with E-state index in [9.17, 15) is 0 Å². The quantitative estimate of drug-likeness (QED) is 0.665. The van der Waals surface area contributed by atoms with Crippen molar-refractivity contribution in [3.63, 3.8) is 0 Å². The zero-order valence-electron chi connectivity index (χ0n) is 8.12. The average molecular weight is 172 g/mol. The summed E-state index contributed by atoms with van der Waals surface area (Å²) in [6.07, 6.45) is 1.17. The maximum Gasteiger partial charge on any atom is 0.0589 e. The summed E-state index contributed by atoms with van der Waals surface area (Å²) in [5.74, 6) is 0.741. The van der Waals surface area contributed by atoms with Crippen LogP contribution in [0.15, 0.2) is 0 Å². The van der Waals surface area contributed by atoms with E-state index in [1.54, 1.807) is 7.11 Å². The van der Waals surface area contributed by atoms with Gasteiger partial charge in [-0.25, -0.2) is 0 Å². The van der Waals surface area contributed by atoms with E-state index < -0.39 is 0 Å². The molecular formula is C9H20N2O. The number of nitrogens with two attached hydrogens (primary N) is 1. The number of piperidine rings is 1. The second-order valence-electron chi connectivity index (χ2n) is 3.85. The summed E-state index contributed by atoms with van der Waals surface area (Å²) < 4.78 is 5.03. The molecule has 0 aromatic carbocycles. The van der Waals surface area contributed by atoms with Gasteiger partial charge in [0.1, 0.15) is 0 Å². The molecule has 0 radical (unpaired) electrons. The standard InChI is InChI=1S/C9H20N2O/c1-8-5-9(10)7-11(6-8)3-4-12-2/h8-9H,3-7,10H2,1-2H3. The lowest BCUT2D eigenvalue weighted by molar-refractivity contribution is 0.110. The topological polar surface area (TPSA) is 38.5 Å². The van der Waals surface area contributed by atoms with E-state index in [-0.39, 0.29) is 0 Å². The van der Waals surface area contributed by atoms with Crippen LogP contribution in [-0.2, 0) is 4.74 Å². The van der Waals surface area contributed by atoms with Gasteiger partial charge in [0.25, 0.3) is 0 Å². The van der Waals surface area contributed by atoms with Crippen LogP contribution in [0.1, 0.15) is 13.3 Å². The first kappa shape index (κ1) is 9.96. The molecule has 12 heavy (non-hydrogen) atoms. The second-order valence-corrected chi connectivity index (χ2v) is 3.85. The predicted octanol–water partition coefficient (Wildman–Crippen LogP) is 0.302. The zero-order chi connectivity index (χ0) is 8.97. The van der Waals surface area contributed by atoms with Crippen molar-refractivity contribution in [1.82, 2.24) is 4.90 Å². The molecule has 2 unspecified atom stereocenters. The van der Waals surface area contributed by atoms with Gasteiger partial charge >= 0.3 is 0 Å². The highest BCUT2D eigenvalue weighted by molar-refractivity contribution is 4.78. The van der Waals surface area contributed by atoms with Crippen LogP contribution in [0.5, 0.6) is 0 Å². The molecule has 2 N–H and O–H groups in total. The highest BCUT2D eigenvalue weighted by Crippen LogP contribution is 2.14. The third kappa shape index (κ3) is 3.09. The predicted molar refractivity (Wildman–Crippen MR) is 50.1 cm³/mol. The number of ether oxygens (including phenoxy) is 1. The van der Waals surface area contributed by atoms with E-state index in [0.29, 0.717) is 6.04 Å². The Morgan fingerprint density at radius 1 is 1.50 bits per heavy atom. The number of rotatable bonds is 3. The van der Waals surface area contributed by atoms with Crippen molar-refractivity contribution in [1.29, 1.82) is 0 Å². The van der Waals surface area contributed by atoms with Crippen molar-refractivity contribution in [2.24, 2.45) is 11.7 Å². The first-order valence-corrected chi connectivity index (χ1v) is 4.69. The van der Waals surface area contributed by atoms with E-state index >= 15 is 0 Å². The molecule has 1 rings (SSSR count). The molecule has 1 fully saturated rings. The first-order valence-electron chi connectivity index (χ1n) is 4.69. The molecule has 3 nitrogen and oxygen atoms in total. The monoisotopic (exact) mass is 172 g/mol. The minimum atomic E-state index is 0.366. The van der Waals surface area contributed by atoms with Gasteiger partial charge in [0.15, 0.2) is 0 Å². The van der Waals surface area contributed by atoms with Crippen LogP contribution in [0.25, 0.3) is 0 Å². The summed E-state index contributed by atoms with van der Waals surface area (Å²) in [7, 11) is 1.74. The fourth-order valence-electron chi connectivity index (χ4n) is 1.92. The van der Waals surface area contributed by atoms with Crippen LogP contribution in [0.4, 0.5) is 0 Å². The Kier molecular flexibility index (Phi) is 3.98. The summed E-state index contributed by atoms with van der Waals surface area (Å²) in [6, 6.07) is 0.366. The SMILES string of the molecule is COCCN1CC(C)CC(N)C1. The normalized spacial score (nSPS) is 32.2. The van der Waals surface area contributed by atoms with E-state index in [2.05, 4.69) is 11.8 Å². The van der Waals surface area contributed by atoms with Gasteiger partial charge in [0.05, 0.1) is 6.61 Å². The third-order valence-electron chi connectivity index (χ3n) is 2.38. The minimum Gasteiger partial charge on any atom is -0.383 e. The molecule has 0 aromatic heterocycles. The average Bonchev–Trinajstić information content (AvgIpc) is 1.99. The van der Waals surface area contributed by atoms with Crippen LogP contribution in [-0.4, -0.2) is 44.3 Å². The molecule has 2 atom stereocenters. The van der Waals surface area contributed by atoms with Crippen molar-refractivity contribution in [2.45, 2.75) is 19.4 Å². The molecule has 0 amide bonds. The van der Waals surface area contributed by atoms with Gasteiger partial charge in [-0.15, -0.1) is 0 Å². The van der Waals surface area contributed by atoms with E-state index in [4.69, 9.17) is 10.5 Å². The molecule has 3 heteroatoms. The van der Waals surface area contributed by atoms with Crippen molar-refractivity contribution in [3.8, 4) is 0 Å². The number of hydrogen-bond donors (Lipinski definition) is 1. The zero-order valence-corrected chi connectivity index (χ0v) is 8.12. The summed E-state index contributed by atoms with van der Waals surface area (Å²) in [6.45, 7) is 6.32. The van der Waals surface area contributed by atoms with Gasteiger partial charge in [-0.1, -0.05) is 6.92 Å². The van der Waals surface area contributed by atoms with Crippen molar-refractivity contribution in [2.75, 3.05) is 33.4 Å².